The van der Waals surface area contributed by atoms with Gasteiger partial charge in [-0.15, -0.1) is 0 Å². The number of esters is 1. The summed E-state index contributed by atoms with van der Waals surface area (Å²) in [6.07, 6.45) is 0.806. The highest BCUT2D eigenvalue weighted by molar-refractivity contribution is 6.04. The fourth-order valence-electron chi connectivity index (χ4n) is 2.20. The van der Waals surface area contributed by atoms with E-state index in [1.807, 2.05) is 19.9 Å². The number of carbonyl (C=O) groups excluding carboxylic acids is 2. The summed E-state index contributed by atoms with van der Waals surface area (Å²) in [5.74, 6) is 0.0451. The first-order valence-electron chi connectivity index (χ1n) is 8.78. The van der Waals surface area contributed by atoms with Gasteiger partial charge in [-0.25, -0.2) is 4.79 Å². The van der Waals surface area contributed by atoms with E-state index in [0.717, 1.165) is 6.42 Å². The van der Waals surface area contributed by atoms with Crippen LogP contribution >= 0.6 is 0 Å². The zero-order valence-electron chi connectivity index (χ0n) is 15.6. The quantitative estimate of drug-likeness (QED) is 0.732. The zero-order valence-corrected chi connectivity index (χ0v) is 15.6. The Bertz CT molecular complexity index is 753. The summed E-state index contributed by atoms with van der Waals surface area (Å²) < 4.78 is 10.9. The molecule has 0 aromatic heterocycles. The Balaban J connectivity index is 2.03. The summed E-state index contributed by atoms with van der Waals surface area (Å²) in [5.41, 5.74) is 1.55. The maximum absolute atomic E-state index is 12.4. The molecule has 1 atom stereocenters. The number of rotatable bonds is 7. The lowest BCUT2D eigenvalue weighted by atomic mass is 10.1. The van der Waals surface area contributed by atoms with E-state index in [1.165, 1.54) is 0 Å². The van der Waals surface area contributed by atoms with Gasteiger partial charge < -0.3 is 14.8 Å². The van der Waals surface area contributed by atoms with Crippen molar-refractivity contribution in [3.63, 3.8) is 0 Å². The van der Waals surface area contributed by atoms with Gasteiger partial charge in [-0.1, -0.05) is 13.0 Å². The minimum atomic E-state index is -0.382. The van der Waals surface area contributed by atoms with Crippen molar-refractivity contribution in [2.24, 2.45) is 0 Å². The lowest BCUT2D eigenvalue weighted by molar-refractivity contribution is 0.0378. The van der Waals surface area contributed by atoms with E-state index in [0.29, 0.717) is 22.6 Å². The van der Waals surface area contributed by atoms with Crippen LogP contribution in [0.4, 0.5) is 5.69 Å². The van der Waals surface area contributed by atoms with Gasteiger partial charge in [0.15, 0.2) is 0 Å². The third-order valence-corrected chi connectivity index (χ3v) is 3.73. The minimum Gasteiger partial charge on any atom is -0.491 e. The minimum absolute atomic E-state index is 0.0893. The molecule has 5 nitrogen and oxygen atoms in total. The maximum atomic E-state index is 12.4. The van der Waals surface area contributed by atoms with Gasteiger partial charge in [0.2, 0.25) is 0 Å². The van der Waals surface area contributed by atoms with Gasteiger partial charge in [-0.2, -0.15) is 0 Å². The first-order chi connectivity index (χ1) is 12.4. The van der Waals surface area contributed by atoms with Crippen LogP contribution in [0.1, 0.15) is 54.8 Å². The maximum Gasteiger partial charge on any atom is 0.338 e. The smallest absolute Gasteiger partial charge is 0.338 e. The molecule has 5 heteroatoms. The highest BCUT2D eigenvalue weighted by Gasteiger charge is 2.11. The number of hydrogen-bond acceptors (Lipinski definition) is 4. The van der Waals surface area contributed by atoms with Gasteiger partial charge in [0.05, 0.1) is 17.8 Å². The topological polar surface area (TPSA) is 64.6 Å². The molecule has 2 aromatic rings. The standard InChI is InChI=1S/C21H25NO4/c1-5-15(4)26-19-8-6-7-17(13-19)20(23)22-18-11-9-16(10-12-18)21(24)25-14(2)3/h6-15H,5H2,1-4H3,(H,22,23)/t15-/m0/s1. The van der Waals surface area contributed by atoms with E-state index in [4.69, 9.17) is 9.47 Å². The summed E-state index contributed by atoms with van der Waals surface area (Å²) in [4.78, 5) is 24.3. The van der Waals surface area contributed by atoms with E-state index in [9.17, 15) is 9.59 Å². The molecule has 0 aliphatic heterocycles. The van der Waals surface area contributed by atoms with Crippen LogP contribution in [-0.4, -0.2) is 24.1 Å². The molecule has 0 aliphatic carbocycles. The molecule has 2 rings (SSSR count). The van der Waals surface area contributed by atoms with Gasteiger partial charge in [-0.3, -0.25) is 4.79 Å². The van der Waals surface area contributed by atoms with Gasteiger partial charge >= 0.3 is 5.97 Å². The van der Waals surface area contributed by atoms with Crippen LogP contribution < -0.4 is 10.1 Å². The number of benzene rings is 2. The number of nitrogens with one attached hydrogen (secondary N) is 1. The Morgan fingerprint density at radius 2 is 1.69 bits per heavy atom. The average Bonchev–Trinajstić information content (AvgIpc) is 2.61. The van der Waals surface area contributed by atoms with Crippen molar-refractivity contribution in [1.82, 2.24) is 0 Å². The molecule has 0 radical (unpaired) electrons. The van der Waals surface area contributed by atoms with Crippen LogP contribution in [-0.2, 0) is 4.74 Å². The van der Waals surface area contributed by atoms with E-state index in [1.54, 1.807) is 56.3 Å². The van der Waals surface area contributed by atoms with Crippen LogP contribution in [0.5, 0.6) is 5.75 Å². The molecule has 0 unspecified atom stereocenters. The molecular weight excluding hydrogens is 330 g/mol. The molecule has 0 spiro atoms. The van der Waals surface area contributed by atoms with E-state index in [2.05, 4.69) is 5.32 Å². The summed E-state index contributed by atoms with van der Waals surface area (Å²) in [5, 5.41) is 2.81. The molecule has 1 amide bonds. The normalized spacial score (nSPS) is 11.7. The molecule has 0 saturated carbocycles. The molecular formula is C21H25NO4. The van der Waals surface area contributed by atoms with Crippen molar-refractivity contribution < 1.29 is 19.1 Å². The van der Waals surface area contributed by atoms with Crippen molar-refractivity contribution in [2.75, 3.05) is 5.32 Å². The molecule has 0 fully saturated rings. The van der Waals surface area contributed by atoms with Crippen molar-refractivity contribution in [3.05, 3.63) is 59.7 Å². The van der Waals surface area contributed by atoms with E-state index in [-0.39, 0.29) is 24.1 Å². The first kappa shape index (κ1) is 19.5. The third kappa shape index (κ3) is 5.62. The molecule has 1 N–H and O–H groups in total. The van der Waals surface area contributed by atoms with Crippen LogP contribution in [0.15, 0.2) is 48.5 Å². The Hall–Kier alpha value is -2.82. The van der Waals surface area contributed by atoms with Crippen LogP contribution in [0, 0.1) is 0 Å². The Labute approximate surface area is 154 Å². The summed E-state index contributed by atoms with van der Waals surface area (Å²) >= 11 is 0. The van der Waals surface area contributed by atoms with Crippen molar-refractivity contribution in [1.29, 1.82) is 0 Å². The van der Waals surface area contributed by atoms with Crippen molar-refractivity contribution >= 4 is 17.6 Å². The highest BCUT2D eigenvalue weighted by atomic mass is 16.5. The molecule has 0 saturated heterocycles. The fourth-order valence-corrected chi connectivity index (χ4v) is 2.20. The summed E-state index contributed by atoms with van der Waals surface area (Å²) in [6.45, 7) is 7.62. The summed E-state index contributed by atoms with van der Waals surface area (Å²) in [7, 11) is 0. The average molecular weight is 355 g/mol. The lowest BCUT2D eigenvalue weighted by Gasteiger charge is -2.13. The molecule has 0 heterocycles. The van der Waals surface area contributed by atoms with Gasteiger partial charge in [0.1, 0.15) is 5.75 Å². The fraction of sp³-hybridized carbons (Fsp3) is 0.333. The second-order valence-electron chi connectivity index (χ2n) is 6.35. The highest BCUT2D eigenvalue weighted by Crippen LogP contribution is 2.18. The van der Waals surface area contributed by atoms with E-state index >= 15 is 0 Å². The molecule has 138 valence electrons. The predicted molar refractivity (Wildman–Crippen MR) is 102 cm³/mol. The third-order valence-electron chi connectivity index (χ3n) is 3.73. The van der Waals surface area contributed by atoms with Gasteiger partial charge in [0.25, 0.3) is 5.91 Å². The summed E-state index contributed by atoms with van der Waals surface area (Å²) in [6, 6.07) is 13.7. The van der Waals surface area contributed by atoms with Gasteiger partial charge in [-0.05, 0) is 69.7 Å². The lowest BCUT2D eigenvalue weighted by Crippen LogP contribution is -2.14. The largest absolute Gasteiger partial charge is 0.491 e. The van der Waals surface area contributed by atoms with Crippen LogP contribution in [0.25, 0.3) is 0 Å². The van der Waals surface area contributed by atoms with Crippen molar-refractivity contribution in [2.45, 2.75) is 46.3 Å². The Morgan fingerprint density at radius 3 is 2.31 bits per heavy atom. The Kier molecular flexibility index (Phi) is 6.78. The van der Waals surface area contributed by atoms with Gasteiger partial charge in [0, 0.05) is 11.3 Å². The molecule has 2 aromatic carbocycles. The van der Waals surface area contributed by atoms with E-state index < -0.39 is 0 Å². The Morgan fingerprint density at radius 1 is 1.00 bits per heavy atom. The second-order valence-corrected chi connectivity index (χ2v) is 6.35. The SMILES string of the molecule is CC[C@H](C)Oc1cccc(C(=O)Nc2ccc(C(=O)OC(C)C)cc2)c1. The number of amides is 1. The monoisotopic (exact) mass is 355 g/mol. The molecule has 26 heavy (non-hydrogen) atoms. The van der Waals surface area contributed by atoms with Crippen LogP contribution in [0.3, 0.4) is 0 Å². The predicted octanol–water partition coefficient (Wildman–Crippen LogP) is 4.68. The first-order valence-corrected chi connectivity index (χ1v) is 8.78. The number of hydrogen-bond donors (Lipinski definition) is 1. The number of ether oxygens (including phenoxy) is 2. The number of anilines is 1. The van der Waals surface area contributed by atoms with Crippen molar-refractivity contribution in [3.8, 4) is 5.75 Å². The zero-order chi connectivity index (χ0) is 19.1. The second kappa shape index (κ2) is 9.04. The molecule has 0 bridgehead atoms. The molecule has 0 aliphatic rings. The van der Waals surface area contributed by atoms with Crippen LogP contribution in [0.2, 0.25) is 0 Å². The number of carbonyl (C=O) groups is 2.